The van der Waals surface area contributed by atoms with Gasteiger partial charge in [-0.3, -0.25) is 0 Å². The number of alkyl halides is 1. The number of hydrogen-bond donors (Lipinski definition) is 0. The van der Waals surface area contributed by atoms with Crippen molar-refractivity contribution < 1.29 is 0 Å². The van der Waals surface area contributed by atoms with Crippen LogP contribution in [0.25, 0.3) is 0 Å². The number of halogens is 3. The highest BCUT2D eigenvalue weighted by atomic mass is 35.5. The summed E-state index contributed by atoms with van der Waals surface area (Å²) in [4.78, 5) is 0. The molecule has 0 aliphatic rings. The molecule has 1 aromatic carbocycles. The fraction of sp³-hybridized carbons (Fsp3) is 0.455. The molecule has 1 aromatic rings. The smallest absolute Gasteiger partial charge is 0.0420 e. The van der Waals surface area contributed by atoms with Crippen LogP contribution in [0.2, 0.25) is 10.0 Å². The predicted molar refractivity (Wildman–Crippen MR) is 66.7 cm³/mol. The molecular formula is C11H15Cl3. The SMILES string of the molecule is CCCCCCl.Clc1cccc(Cl)c1. The second-order valence-electron chi connectivity index (χ2n) is 2.84. The Bertz CT molecular complexity index is 214. The van der Waals surface area contributed by atoms with Crippen LogP contribution < -0.4 is 0 Å². The second-order valence-corrected chi connectivity index (χ2v) is 4.09. The van der Waals surface area contributed by atoms with Crippen molar-refractivity contribution in [2.75, 3.05) is 5.88 Å². The standard InChI is InChI=1S/C6H4Cl2.C5H11Cl/c7-5-2-1-3-6(8)4-5;1-2-3-4-5-6/h1-4H;2-5H2,1H3. The van der Waals surface area contributed by atoms with Gasteiger partial charge in [-0.15, -0.1) is 11.6 Å². The molecule has 1 rings (SSSR count). The Morgan fingerprint density at radius 3 is 1.86 bits per heavy atom. The van der Waals surface area contributed by atoms with E-state index in [1.54, 1.807) is 18.2 Å². The monoisotopic (exact) mass is 252 g/mol. The Morgan fingerprint density at radius 2 is 1.64 bits per heavy atom. The minimum atomic E-state index is 0.678. The lowest BCUT2D eigenvalue weighted by atomic mass is 10.3. The third kappa shape index (κ3) is 8.68. The molecule has 0 radical (unpaired) electrons. The zero-order valence-corrected chi connectivity index (χ0v) is 10.5. The average Bonchev–Trinajstić information content (AvgIpc) is 2.15. The summed E-state index contributed by atoms with van der Waals surface area (Å²) in [6.45, 7) is 2.17. The maximum atomic E-state index is 5.56. The molecule has 0 aliphatic heterocycles. The van der Waals surface area contributed by atoms with E-state index in [1.807, 2.05) is 6.07 Å². The normalized spacial score (nSPS) is 9.14. The van der Waals surface area contributed by atoms with Gasteiger partial charge in [0.25, 0.3) is 0 Å². The van der Waals surface area contributed by atoms with E-state index in [0.29, 0.717) is 10.0 Å². The van der Waals surface area contributed by atoms with Crippen LogP contribution in [0.15, 0.2) is 24.3 Å². The van der Waals surface area contributed by atoms with Crippen molar-refractivity contribution in [1.82, 2.24) is 0 Å². The highest BCUT2D eigenvalue weighted by molar-refractivity contribution is 6.34. The van der Waals surface area contributed by atoms with Gasteiger partial charge in [0.1, 0.15) is 0 Å². The quantitative estimate of drug-likeness (QED) is 0.499. The van der Waals surface area contributed by atoms with Crippen molar-refractivity contribution >= 4 is 34.8 Å². The predicted octanol–water partition coefficient (Wildman–Crippen LogP) is 5.41. The number of rotatable bonds is 3. The van der Waals surface area contributed by atoms with Crippen molar-refractivity contribution in [2.45, 2.75) is 26.2 Å². The first-order valence-corrected chi connectivity index (χ1v) is 5.96. The molecule has 0 bridgehead atoms. The third-order valence-electron chi connectivity index (χ3n) is 1.52. The van der Waals surface area contributed by atoms with Gasteiger partial charge >= 0.3 is 0 Å². The van der Waals surface area contributed by atoms with E-state index in [4.69, 9.17) is 34.8 Å². The third-order valence-corrected chi connectivity index (χ3v) is 2.26. The van der Waals surface area contributed by atoms with Gasteiger partial charge in [-0.05, 0) is 24.6 Å². The van der Waals surface area contributed by atoms with Crippen LogP contribution in [0.5, 0.6) is 0 Å². The second kappa shape index (κ2) is 9.64. The summed E-state index contributed by atoms with van der Waals surface area (Å²) < 4.78 is 0. The van der Waals surface area contributed by atoms with Gasteiger partial charge < -0.3 is 0 Å². The molecule has 0 saturated carbocycles. The fourth-order valence-electron chi connectivity index (χ4n) is 0.804. The lowest BCUT2D eigenvalue weighted by molar-refractivity contribution is 0.776. The van der Waals surface area contributed by atoms with Gasteiger partial charge in [-0.2, -0.15) is 0 Å². The van der Waals surface area contributed by atoms with Gasteiger partial charge in [0.15, 0.2) is 0 Å². The molecule has 0 nitrogen and oxygen atoms in total. The summed E-state index contributed by atoms with van der Waals surface area (Å²) in [6.07, 6.45) is 3.73. The Kier molecular flexibility index (Phi) is 9.70. The molecule has 0 atom stereocenters. The van der Waals surface area contributed by atoms with Crippen molar-refractivity contribution in [2.24, 2.45) is 0 Å². The molecule has 0 unspecified atom stereocenters. The molecule has 0 heterocycles. The van der Waals surface area contributed by atoms with Crippen LogP contribution in [-0.2, 0) is 0 Å². The zero-order chi connectivity index (χ0) is 10.8. The first-order chi connectivity index (χ1) is 6.70. The zero-order valence-electron chi connectivity index (χ0n) is 8.27. The summed E-state index contributed by atoms with van der Waals surface area (Å²) in [5, 5.41) is 1.36. The minimum Gasteiger partial charge on any atom is -0.127 e. The first-order valence-electron chi connectivity index (χ1n) is 4.67. The number of benzene rings is 1. The van der Waals surface area contributed by atoms with Crippen LogP contribution >= 0.6 is 34.8 Å². The minimum absolute atomic E-state index is 0.678. The maximum absolute atomic E-state index is 5.56. The molecule has 14 heavy (non-hydrogen) atoms. The molecule has 0 amide bonds. The van der Waals surface area contributed by atoms with Gasteiger partial charge in [-0.1, -0.05) is 49.0 Å². The Balaban J connectivity index is 0.000000255. The number of unbranched alkanes of at least 4 members (excludes halogenated alkanes) is 2. The summed E-state index contributed by atoms with van der Waals surface area (Å²) in [5.74, 6) is 0.827. The van der Waals surface area contributed by atoms with Crippen LogP contribution in [0.3, 0.4) is 0 Å². The molecule has 0 fully saturated rings. The van der Waals surface area contributed by atoms with E-state index in [9.17, 15) is 0 Å². The first kappa shape index (κ1) is 14.1. The van der Waals surface area contributed by atoms with Crippen molar-refractivity contribution in [3.05, 3.63) is 34.3 Å². The highest BCUT2D eigenvalue weighted by Crippen LogP contribution is 2.13. The summed E-state index contributed by atoms with van der Waals surface area (Å²) >= 11 is 16.5. The molecule has 0 aliphatic carbocycles. The Hall–Kier alpha value is 0.0900. The molecule has 0 saturated heterocycles. The lowest BCUT2D eigenvalue weighted by Gasteiger charge is -1.86. The molecule has 3 heteroatoms. The van der Waals surface area contributed by atoms with E-state index >= 15 is 0 Å². The van der Waals surface area contributed by atoms with Crippen molar-refractivity contribution in [3.8, 4) is 0 Å². The average molecular weight is 254 g/mol. The Labute approximate surface area is 101 Å². The summed E-state index contributed by atoms with van der Waals surface area (Å²) in [6, 6.07) is 7.08. The van der Waals surface area contributed by atoms with Crippen LogP contribution in [-0.4, -0.2) is 5.88 Å². The van der Waals surface area contributed by atoms with E-state index in [-0.39, 0.29) is 0 Å². The van der Waals surface area contributed by atoms with Crippen LogP contribution in [0.4, 0.5) is 0 Å². The van der Waals surface area contributed by atoms with Crippen LogP contribution in [0, 0.1) is 0 Å². The lowest BCUT2D eigenvalue weighted by Crippen LogP contribution is -1.70. The fourth-order valence-corrected chi connectivity index (χ4v) is 1.43. The van der Waals surface area contributed by atoms with Crippen molar-refractivity contribution in [1.29, 1.82) is 0 Å². The van der Waals surface area contributed by atoms with Crippen LogP contribution in [0.1, 0.15) is 26.2 Å². The maximum Gasteiger partial charge on any atom is 0.0420 e. The summed E-state index contributed by atoms with van der Waals surface area (Å²) in [7, 11) is 0. The van der Waals surface area contributed by atoms with Gasteiger partial charge in [0.05, 0.1) is 0 Å². The van der Waals surface area contributed by atoms with E-state index in [1.165, 1.54) is 19.3 Å². The molecule has 0 aromatic heterocycles. The Morgan fingerprint density at radius 1 is 1.07 bits per heavy atom. The van der Waals surface area contributed by atoms with E-state index in [2.05, 4.69) is 6.92 Å². The molecule has 0 N–H and O–H groups in total. The van der Waals surface area contributed by atoms with Gasteiger partial charge in [0, 0.05) is 15.9 Å². The molecular weight excluding hydrogens is 238 g/mol. The summed E-state index contributed by atoms with van der Waals surface area (Å²) in [5.41, 5.74) is 0. The molecule has 80 valence electrons. The van der Waals surface area contributed by atoms with Gasteiger partial charge in [0.2, 0.25) is 0 Å². The topological polar surface area (TPSA) is 0 Å². The van der Waals surface area contributed by atoms with E-state index in [0.717, 1.165) is 5.88 Å². The largest absolute Gasteiger partial charge is 0.127 e. The number of hydrogen-bond acceptors (Lipinski definition) is 0. The van der Waals surface area contributed by atoms with Crippen molar-refractivity contribution in [3.63, 3.8) is 0 Å². The molecule has 0 spiro atoms. The van der Waals surface area contributed by atoms with E-state index < -0.39 is 0 Å². The van der Waals surface area contributed by atoms with Gasteiger partial charge in [-0.25, -0.2) is 0 Å². The highest BCUT2D eigenvalue weighted by Gasteiger charge is 1.85.